The fourth-order valence-corrected chi connectivity index (χ4v) is 2.61. The van der Waals surface area contributed by atoms with Crippen molar-refractivity contribution in [3.8, 4) is 28.2 Å². The highest BCUT2D eigenvalue weighted by molar-refractivity contribution is 5.68. The van der Waals surface area contributed by atoms with E-state index in [1.165, 1.54) is 4.68 Å². The lowest BCUT2D eigenvalue weighted by Gasteiger charge is -2.10. The van der Waals surface area contributed by atoms with E-state index in [0.29, 0.717) is 22.6 Å². The zero-order valence-corrected chi connectivity index (χ0v) is 13.3. The molecule has 0 atom stereocenters. The molecule has 120 valence electrons. The first-order valence-corrected chi connectivity index (χ1v) is 7.84. The highest BCUT2D eigenvalue weighted by Crippen LogP contribution is 2.21. The molecule has 0 bridgehead atoms. The molecule has 5 heteroatoms. The summed E-state index contributed by atoms with van der Waals surface area (Å²) in [6.07, 6.45) is 4.99. The number of nitrogens with zero attached hydrogens (tertiary/aromatic N) is 4. The predicted octanol–water partition coefficient (Wildman–Crippen LogP) is 3.36. The van der Waals surface area contributed by atoms with Crippen molar-refractivity contribution in [1.29, 1.82) is 0 Å². The molecule has 0 spiro atoms. The smallest absolute Gasteiger partial charge is 0.267 e. The maximum atomic E-state index is 13.0. The van der Waals surface area contributed by atoms with Crippen molar-refractivity contribution < 1.29 is 0 Å². The maximum absolute atomic E-state index is 13.0. The van der Waals surface area contributed by atoms with Crippen LogP contribution in [0.25, 0.3) is 28.2 Å². The van der Waals surface area contributed by atoms with Crippen LogP contribution in [0.5, 0.6) is 0 Å². The SMILES string of the molecule is O=c1c(-c2ccccc2)cc(-c2ccccn2)nn1-c1cccnc1. The zero-order valence-electron chi connectivity index (χ0n) is 13.3. The van der Waals surface area contributed by atoms with Crippen molar-refractivity contribution in [3.05, 3.63) is 95.7 Å². The zero-order chi connectivity index (χ0) is 17.1. The van der Waals surface area contributed by atoms with Gasteiger partial charge in [0.15, 0.2) is 0 Å². The van der Waals surface area contributed by atoms with Crippen LogP contribution in [0, 0.1) is 0 Å². The Morgan fingerprint density at radius 3 is 2.36 bits per heavy atom. The van der Waals surface area contributed by atoms with Gasteiger partial charge in [-0.15, -0.1) is 0 Å². The molecular formula is C20H14N4O. The second-order valence-electron chi connectivity index (χ2n) is 5.45. The summed E-state index contributed by atoms with van der Waals surface area (Å²) in [6, 6.07) is 20.5. The standard InChI is InChI=1S/C20H14N4O/c25-20-17(15-7-2-1-3-8-15)13-19(18-10-4-5-12-22-18)23-24(20)16-9-6-11-21-14-16/h1-14H. The first-order valence-electron chi connectivity index (χ1n) is 7.84. The Hall–Kier alpha value is -3.60. The van der Waals surface area contributed by atoms with E-state index >= 15 is 0 Å². The number of rotatable bonds is 3. The van der Waals surface area contributed by atoms with Gasteiger partial charge in [-0.05, 0) is 35.9 Å². The molecule has 0 fully saturated rings. The van der Waals surface area contributed by atoms with Crippen LogP contribution in [-0.4, -0.2) is 19.7 Å². The number of aromatic nitrogens is 4. The molecule has 0 unspecified atom stereocenters. The van der Waals surface area contributed by atoms with E-state index in [2.05, 4.69) is 15.1 Å². The molecule has 0 aliphatic heterocycles. The van der Waals surface area contributed by atoms with Crippen LogP contribution in [-0.2, 0) is 0 Å². The van der Waals surface area contributed by atoms with Crippen molar-refractivity contribution in [2.45, 2.75) is 0 Å². The summed E-state index contributed by atoms with van der Waals surface area (Å²) in [6.45, 7) is 0. The van der Waals surface area contributed by atoms with Crippen LogP contribution in [0.1, 0.15) is 0 Å². The number of benzene rings is 1. The molecule has 0 amide bonds. The van der Waals surface area contributed by atoms with Crippen LogP contribution in [0.15, 0.2) is 90.1 Å². The fraction of sp³-hybridized carbons (Fsp3) is 0. The number of hydrogen-bond acceptors (Lipinski definition) is 4. The molecule has 0 aliphatic rings. The molecule has 4 rings (SSSR count). The molecule has 0 N–H and O–H groups in total. The van der Waals surface area contributed by atoms with Gasteiger partial charge in [-0.2, -0.15) is 9.78 Å². The molecule has 3 aromatic heterocycles. The summed E-state index contributed by atoms with van der Waals surface area (Å²) >= 11 is 0. The Bertz CT molecular complexity index is 982. The van der Waals surface area contributed by atoms with Crippen LogP contribution < -0.4 is 5.56 Å². The highest BCUT2D eigenvalue weighted by Gasteiger charge is 2.13. The third kappa shape index (κ3) is 2.95. The number of pyridine rings is 2. The predicted molar refractivity (Wildman–Crippen MR) is 96.3 cm³/mol. The van der Waals surface area contributed by atoms with E-state index < -0.39 is 0 Å². The topological polar surface area (TPSA) is 60.7 Å². The molecule has 4 aromatic rings. The summed E-state index contributed by atoms with van der Waals surface area (Å²) in [5, 5.41) is 4.50. The molecule has 5 nitrogen and oxygen atoms in total. The van der Waals surface area contributed by atoms with Crippen molar-refractivity contribution in [2.75, 3.05) is 0 Å². The van der Waals surface area contributed by atoms with Crippen molar-refractivity contribution in [2.24, 2.45) is 0 Å². The van der Waals surface area contributed by atoms with Crippen molar-refractivity contribution in [3.63, 3.8) is 0 Å². The first-order chi connectivity index (χ1) is 12.3. The van der Waals surface area contributed by atoms with Gasteiger partial charge in [0.2, 0.25) is 0 Å². The fourth-order valence-electron chi connectivity index (χ4n) is 2.61. The molecule has 3 heterocycles. The van der Waals surface area contributed by atoms with E-state index in [-0.39, 0.29) is 5.56 Å². The Balaban J connectivity index is 2.00. The van der Waals surface area contributed by atoms with Crippen LogP contribution in [0.3, 0.4) is 0 Å². The summed E-state index contributed by atoms with van der Waals surface area (Å²) in [5.41, 5.74) is 3.16. The summed E-state index contributed by atoms with van der Waals surface area (Å²) in [7, 11) is 0. The summed E-state index contributed by atoms with van der Waals surface area (Å²) < 4.78 is 1.37. The monoisotopic (exact) mass is 326 g/mol. The van der Waals surface area contributed by atoms with E-state index in [9.17, 15) is 4.79 Å². The molecule has 1 aromatic carbocycles. The minimum Gasteiger partial charge on any atom is -0.267 e. The lowest BCUT2D eigenvalue weighted by molar-refractivity contribution is 0.808. The van der Waals surface area contributed by atoms with Gasteiger partial charge >= 0.3 is 0 Å². The van der Waals surface area contributed by atoms with Gasteiger partial charge in [0.25, 0.3) is 5.56 Å². The average molecular weight is 326 g/mol. The molecule has 0 radical (unpaired) electrons. The molecule has 0 saturated heterocycles. The average Bonchev–Trinajstić information content (AvgIpc) is 2.70. The van der Waals surface area contributed by atoms with Crippen LogP contribution in [0.2, 0.25) is 0 Å². The van der Waals surface area contributed by atoms with Gasteiger partial charge in [0, 0.05) is 12.4 Å². The third-order valence-electron chi connectivity index (χ3n) is 3.81. The summed E-state index contributed by atoms with van der Waals surface area (Å²) in [5.74, 6) is 0. The molecule has 0 saturated carbocycles. The van der Waals surface area contributed by atoms with Gasteiger partial charge in [-0.3, -0.25) is 14.8 Å². The van der Waals surface area contributed by atoms with Crippen molar-refractivity contribution in [1.82, 2.24) is 19.7 Å². The van der Waals surface area contributed by atoms with E-state index in [0.717, 1.165) is 5.56 Å². The van der Waals surface area contributed by atoms with E-state index in [4.69, 9.17) is 0 Å². The van der Waals surface area contributed by atoms with Gasteiger partial charge in [0.05, 0.1) is 23.1 Å². The minimum absolute atomic E-state index is 0.195. The Morgan fingerprint density at radius 2 is 1.64 bits per heavy atom. The Labute approximate surface area is 144 Å². The number of hydrogen-bond donors (Lipinski definition) is 0. The minimum atomic E-state index is -0.195. The lowest BCUT2D eigenvalue weighted by Crippen LogP contribution is -2.23. The third-order valence-corrected chi connectivity index (χ3v) is 3.81. The van der Waals surface area contributed by atoms with Crippen LogP contribution >= 0.6 is 0 Å². The maximum Gasteiger partial charge on any atom is 0.279 e. The van der Waals surface area contributed by atoms with Gasteiger partial charge in [-0.1, -0.05) is 36.4 Å². The van der Waals surface area contributed by atoms with E-state index in [1.807, 2.05) is 48.5 Å². The van der Waals surface area contributed by atoms with Gasteiger partial charge < -0.3 is 0 Å². The Kier molecular flexibility index (Phi) is 3.88. The Morgan fingerprint density at radius 1 is 0.800 bits per heavy atom. The molecule has 25 heavy (non-hydrogen) atoms. The molecule has 0 aliphatic carbocycles. The van der Waals surface area contributed by atoms with E-state index in [1.54, 1.807) is 36.8 Å². The van der Waals surface area contributed by atoms with Crippen LogP contribution in [0.4, 0.5) is 0 Å². The van der Waals surface area contributed by atoms with Crippen molar-refractivity contribution >= 4 is 0 Å². The second kappa shape index (κ2) is 6.49. The molecular weight excluding hydrogens is 312 g/mol. The van der Waals surface area contributed by atoms with Gasteiger partial charge in [-0.25, -0.2) is 0 Å². The second-order valence-corrected chi connectivity index (χ2v) is 5.45. The lowest BCUT2D eigenvalue weighted by atomic mass is 10.1. The summed E-state index contributed by atoms with van der Waals surface area (Å²) in [4.78, 5) is 21.5. The largest absolute Gasteiger partial charge is 0.279 e. The normalized spacial score (nSPS) is 10.6. The first kappa shape index (κ1) is 15.0. The highest BCUT2D eigenvalue weighted by atomic mass is 16.1. The quantitative estimate of drug-likeness (QED) is 0.579. The van der Waals surface area contributed by atoms with Gasteiger partial charge in [0.1, 0.15) is 5.69 Å².